The molecule has 2 saturated heterocycles. The summed E-state index contributed by atoms with van der Waals surface area (Å²) in [7, 11) is 0. The van der Waals surface area contributed by atoms with E-state index in [1.807, 2.05) is 48.5 Å². The fraction of sp³-hybridized carbons (Fsp3) is 0.476. The van der Waals surface area contributed by atoms with E-state index in [4.69, 9.17) is 44.8 Å². The van der Waals surface area contributed by atoms with Gasteiger partial charge in [-0.3, -0.25) is 4.79 Å². The molecule has 3 aliphatic heterocycles. The molecule has 4 unspecified atom stereocenters. The Morgan fingerprint density at radius 1 is 0.877 bits per heavy atom. The maximum Gasteiger partial charge on any atom is 0.407 e. The van der Waals surface area contributed by atoms with Crippen LogP contribution in [0, 0.1) is 0 Å². The summed E-state index contributed by atoms with van der Waals surface area (Å²) in [5.41, 5.74) is 2.72. The third kappa shape index (κ3) is 12.7. The molecule has 3 aromatic rings. The van der Waals surface area contributed by atoms with Crippen LogP contribution in [0.2, 0.25) is 5.02 Å². The van der Waals surface area contributed by atoms with Crippen LogP contribution in [-0.2, 0) is 52.7 Å². The minimum atomic E-state index is -1.14. The predicted octanol–water partition coefficient (Wildman–Crippen LogP) is 6.15. The van der Waals surface area contributed by atoms with E-state index < -0.39 is 48.3 Å². The Morgan fingerprint density at radius 2 is 1.65 bits per heavy atom. The number of benzene rings is 3. The van der Waals surface area contributed by atoms with E-state index in [0.29, 0.717) is 55.2 Å². The molecule has 2 fully saturated rings. The van der Waals surface area contributed by atoms with Crippen LogP contribution in [-0.4, -0.2) is 80.8 Å². The van der Waals surface area contributed by atoms with Crippen molar-refractivity contribution in [3.05, 3.63) is 94.5 Å². The Labute approximate surface area is 337 Å². The van der Waals surface area contributed by atoms with E-state index in [2.05, 4.69) is 16.0 Å². The van der Waals surface area contributed by atoms with E-state index >= 15 is 0 Å². The second-order valence-corrected chi connectivity index (χ2v) is 14.7. The van der Waals surface area contributed by atoms with Crippen molar-refractivity contribution in [1.29, 1.82) is 0 Å². The van der Waals surface area contributed by atoms with Gasteiger partial charge in [0.1, 0.15) is 18.8 Å². The second kappa shape index (κ2) is 20.4. The van der Waals surface area contributed by atoms with Gasteiger partial charge in [-0.05, 0) is 73.6 Å². The van der Waals surface area contributed by atoms with Gasteiger partial charge in [0.25, 0.3) is 0 Å². The summed E-state index contributed by atoms with van der Waals surface area (Å²) < 4.78 is 40.7. The maximum atomic E-state index is 13.3. The van der Waals surface area contributed by atoms with Gasteiger partial charge in [-0.2, -0.15) is 0 Å². The van der Waals surface area contributed by atoms with Crippen molar-refractivity contribution in [2.45, 2.75) is 101 Å². The number of ether oxygens (including phenoxy) is 7. The Kier molecular flexibility index (Phi) is 14.9. The number of carbonyl (C=O) groups is 4. The molecule has 0 saturated carbocycles. The highest BCUT2D eigenvalue weighted by Crippen LogP contribution is 2.41. The van der Waals surface area contributed by atoms with E-state index in [1.165, 1.54) is 0 Å². The zero-order chi connectivity index (χ0) is 40.0. The smallest absolute Gasteiger partial charge is 0.407 e. The third-order valence-corrected chi connectivity index (χ3v) is 10.2. The fourth-order valence-electron chi connectivity index (χ4n) is 7.21. The predicted molar refractivity (Wildman–Crippen MR) is 208 cm³/mol. The first-order valence-electron chi connectivity index (χ1n) is 19.5. The van der Waals surface area contributed by atoms with E-state index in [9.17, 15) is 19.2 Å². The Hall–Kier alpha value is -5.05. The molecule has 0 radical (unpaired) electrons. The lowest BCUT2D eigenvalue weighted by Crippen LogP contribution is -2.54. The second-order valence-electron chi connectivity index (χ2n) is 14.3. The van der Waals surface area contributed by atoms with E-state index in [-0.39, 0.29) is 58.1 Å². The maximum absolute atomic E-state index is 13.3. The molecule has 0 bridgehead atoms. The number of fused-ring (bicyclic) bond motifs is 1. The third-order valence-electron chi connectivity index (χ3n) is 9.94. The largest absolute Gasteiger partial charge is 0.464 e. The normalized spacial score (nSPS) is 21.5. The summed E-state index contributed by atoms with van der Waals surface area (Å²) in [6.07, 6.45) is 0.858. The highest BCUT2D eigenvalue weighted by Gasteiger charge is 2.47. The molecule has 1 spiro atoms. The highest BCUT2D eigenvalue weighted by molar-refractivity contribution is 6.30. The van der Waals surface area contributed by atoms with Gasteiger partial charge in [0.15, 0.2) is 17.3 Å². The van der Waals surface area contributed by atoms with E-state index in [0.717, 1.165) is 16.7 Å². The molecule has 14 nitrogen and oxygen atoms in total. The van der Waals surface area contributed by atoms with Crippen molar-refractivity contribution in [3.8, 4) is 11.5 Å². The zero-order valence-corrected chi connectivity index (χ0v) is 32.8. The van der Waals surface area contributed by atoms with Gasteiger partial charge in [-0.25, -0.2) is 14.4 Å². The fourth-order valence-corrected chi connectivity index (χ4v) is 7.33. The van der Waals surface area contributed by atoms with Crippen LogP contribution < -0.4 is 25.4 Å². The lowest BCUT2D eigenvalue weighted by Gasteiger charge is -2.47. The summed E-state index contributed by atoms with van der Waals surface area (Å²) in [6, 6.07) is 21.4. The number of halogens is 1. The molecule has 0 aromatic heterocycles. The molecule has 3 amide bonds. The average Bonchev–Trinajstić information content (AvgIpc) is 3.68. The van der Waals surface area contributed by atoms with Crippen molar-refractivity contribution in [3.63, 3.8) is 0 Å². The first-order chi connectivity index (χ1) is 27.6. The van der Waals surface area contributed by atoms with Gasteiger partial charge in [-0.1, -0.05) is 60.1 Å². The molecular formula is C42H50ClN3O11. The molecule has 3 aliphatic rings. The van der Waals surface area contributed by atoms with Crippen molar-refractivity contribution < 1.29 is 52.3 Å². The molecule has 5 atom stereocenters. The summed E-state index contributed by atoms with van der Waals surface area (Å²) in [5.74, 6) is -0.740. The van der Waals surface area contributed by atoms with Crippen LogP contribution in [0.3, 0.4) is 0 Å². The molecule has 6 rings (SSSR count). The molecule has 0 aliphatic carbocycles. The van der Waals surface area contributed by atoms with Crippen LogP contribution in [0.4, 0.5) is 9.59 Å². The number of rotatable bonds is 16. The van der Waals surface area contributed by atoms with Gasteiger partial charge in [0.05, 0.1) is 18.8 Å². The molecule has 3 N–H and O–H groups in total. The van der Waals surface area contributed by atoms with Crippen molar-refractivity contribution >= 4 is 35.7 Å². The van der Waals surface area contributed by atoms with Crippen LogP contribution >= 0.6 is 11.6 Å². The van der Waals surface area contributed by atoms with E-state index in [1.54, 1.807) is 31.2 Å². The lowest BCUT2D eigenvalue weighted by molar-refractivity contribution is -0.329. The molecule has 57 heavy (non-hydrogen) atoms. The summed E-state index contributed by atoms with van der Waals surface area (Å²) in [4.78, 5) is 51.8. The SMILES string of the molecule is CCOC(=O)[C@H](Cc1ccccc1)NC(=O)CCC1CC(OC(=O)NCc2ccc3c(c2)OCO3)CC2(CCCC(COC(=O)NCCc3ccc(Cl)cc3)O2)O1. The zero-order valence-electron chi connectivity index (χ0n) is 32.0. The van der Waals surface area contributed by atoms with Gasteiger partial charge < -0.3 is 49.1 Å². The molecule has 306 valence electrons. The number of hydrogen-bond donors (Lipinski definition) is 3. The Bertz CT molecular complexity index is 1810. The monoisotopic (exact) mass is 807 g/mol. The summed E-state index contributed by atoms with van der Waals surface area (Å²) in [6.45, 7) is 2.64. The molecule has 3 aromatic carbocycles. The lowest BCUT2D eigenvalue weighted by atomic mass is 9.90. The Morgan fingerprint density at radius 3 is 2.46 bits per heavy atom. The molecular weight excluding hydrogens is 758 g/mol. The number of hydrogen-bond acceptors (Lipinski definition) is 11. The van der Waals surface area contributed by atoms with Gasteiger partial charge in [0, 0.05) is 50.2 Å². The van der Waals surface area contributed by atoms with Crippen molar-refractivity contribution in [2.75, 3.05) is 26.6 Å². The van der Waals surface area contributed by atoms with Gasteiger partial charge in [-0.15, -0.1) is 0 Å². The van der Waals surface area contributed by atoms with Crippen LogP contribution in [0.1, 0.15) is 68.6 Å². The number of carbonyl (C=O) groups excluding carboxylic acids is 4. The van der Waals surface area contributed by atoms with Crippen LogP contribution in [0.25, 0.3) is 0 Å². The number of esters is 1. The van der Waals surface area contributed by atoms with Crippen molar-refractivity contribution in [2.24, 2.45) is 0 Å². The number of nitrogens with one attached hydrogen (secondary N) is 3. The minimum absolute atomic E-state index is 0.00314. The summed E-state index contributed by atoms with van der Waals surface area (Å²) in [5, 5.41) is 9.07. The standard InChI is InChI=1S/C42H50ClN3O11/c1-2-51-39(48)35(21-29-7-4-3-5-8-29)46-38(47)17-15-32-23-34(55-41(50)45-25-30-12-16-36-37(22-30)54-27-53-36)24-42(56-32)19-6-9-33(57-42)26-52-40(49)44-20-18-28-10-13-31(43)14-11-28/h3-5,7-8,10-14,16,22,32-35H,2,6,9,15,17-21,23-27H2,1H3,(H,44,49)(H,45,50)(H,46,47)/t32?,33?,34?,35-,42?/m0/s1. The van der Waals surface area contributed by atoms with Gasteiger partial charge >= 0.3 is 18.2 Å². The summed E-state index contributed by atoms with van der Waals surface area (Å²) >= 11 is 5.96. The first-order valence-corrected chi connectivity index (χ1v) is 19.9. The minimum Gasteiger partial charge on any atom is -0.464 e. The van der Waals surface area contributed by atoms with Crippen molar-refractivity contribution in [1.82, 2.24) is 16.0 Å². The molecule has 3 heterocycles. The quantitative estimate of drug-likeness (QED) is 0.112. The number of amides is 3. The van der Waals surface area contributed by atoms with Crippen LogP contribution in [0.15, 0.2) is 72.8 Å². The first kappa shape index (κ1) is 41.6. The topological polar surface area (TPSA) is 169 Å². The number of alkyl carbamates (subject to hydrolysis) is 2. The average molecular weight is 808 g/mol. The van der Waals surface area contributed by atoms with Crippen LogP contribution in [0.5, 0.6) is 11.5 Å². The molecule has 15 heteroatoms. The van der Waals surface area contributed by atoms with Gasteiger partial charge in [0.2, 0.25) is 12.7 Å². The highest BCUT2D eigenvalue weighted by atomic mass is 35.5. The Balaban J connectivity index is 1.05.